The maximum absolute atomic E-state index is 12.0. The topological polar surface area (TPSA) is 248 Å². The Kier molecular flexibility index (Phi) is 12.0. The summed E-state index contributed by atoms with van der Waals surface area (Å²) in [5, 5.41) is 104. The maximum atomic E-state index is 12.0. The third kappa shape index (κ3) is 6.82. The molecule has 3 heterocycles. The average Bonchev–Trinajstić information content (AvgIpc) is 3.58. The third-order valence-electron chi connectivity index (χ3n) is 16.0. The zero-order valence-corrected chi connectivity index (χ0v) is 32.0. The molecule has 4 aliphatic carbocycles. The van der Waals surface area contributed by atoms with E-state index < -0.39 is 92.6 Å². The first-order valence-corrected chi connectivity index (χ1v) is 20.4. The Morgan fingerprint density at radius 2 is 1.39 bits per heavy atom. The van der Waals surface area contributed by atoms with Crippen LogP contribution in [0, 0.1) is 52.3 Å². The van der Waals surface area contributed by atoms with Crippen LogP contribution >= 0.6 is 0 Å². The van der Waals surface area contributed by atoms with Crippen molar-refractivity contribution in [1.29, 1.82) is 0 Å². The molecule has 0 bridgehead atoms. The summed E-state index contributed by atoms with van der Waals surface area (Å²) in [7, 11) is 0. The molecule has 3 saturated heterocycles. The van der Waals surface area contributed by atoms with Crippen molar-refractivity contribution in [3.05, 3.63) is 0 Å². The Bertz CT molecular complexity index is 1290. The van der Waals surface area contributed by atoms with Crippen LogP contribution in [0.4, 0.5) is 0 Å². The molecular weight excluding hydrogens is 708 g/mol. The van der Waals surface area contributed by atoms with Gasteiger partial charge in [0.15, 0.2) is 18.4 Å². The van der Waals surface area contributed by atoms with Gasteiger partial charge in [-0.05, 0) is 91.3 Å². The third-order valence-corrected chi connectivity index (χ3v) is 16.0. The molecule has 10 N–H and O–H groups in total. The van der Waals surface area contributed by atoms with Gasteiger partial charge in [-0.3, -0.25) is 0 Å². The molecular formula is C39H66O15. The molecule has 0 spiro atoms. The lowest BCUT2D eigenvalue weighted by Gasteiger charge is -2.62. The summed E-state index contributed by atoms with van der Waals surface area (Å²) in [6.45, 7) is 7.82. The van der Waals surface area contributed by atoms with Crippen LogP contribution in [-0.4, -0.2) is 156 Å². The van der Waals surface area contributed by atoms with Gasteiger partial charge in [0.2, 0.25) is 0 Å². The van der Waals surface area contributed by atoms with Gasteiger partial charge in [-0.1, -0.05) is 27.7 Å². The van der Waals surface area contributed by atoms with E-state index in [1.54, 1.807) is 0 Å². The molecule has 7 fully saturated rings. The molecule has 23 atom stereocenters. The number of fused-ring (bicyclic) bond motifs is 7. The van der Waals surface area contributed by atoms with E-state index in [1.807, 2.05) is 6.92 Å². The van der Waals surface area contributed by atoms with Crippen molar-refractivity contribution in [2.75, 3.05) is 19.8 Å². The molecule has 312 valence electrons. The van der Waals surface area contributed by atoms with Crippen molar-refractivity contribution in [2.45, 2.75) is 171 Å². The quantitative estimate of drug-likeness (QED) is 0.124. The normalized spacial score (nSPS) is 56.4. The minimum absolute atomic E-state index is 0.0227. The molecule has 15 heteroatoms. The van der Waals surface area contributed by atoms with Crippen LogP contribution in [0.3, 0.4) is 0 Å². The van der Waals surface area contributed by atoms with Crippen LogP contribution in [0.25, 0.3) is 0 Å². The average molecular weight is 775 g/mol. The Hall–Kier alpha value is -0.600. The second-order valence-corrected chi connectivity index (χ2v) is 18.7. The van der Waals surface area contributed by atoms with Crippen molar-refractivity contribution in [1.82, 2.24) is 0 Å². The van der Waals surface area contributed by atoms with E-state index in [0.29, 0.717) is 43.4 Å². The highest BCUT2D eigenvalue weighted by Gasteiger charge is 2.69. The van der Waals surface area contributed by atoms with Gasteiger partial charge in [0.05, 0.1) is 38.1 Å². The highest BCUT2D eigenvalue weighted by molar-refractivity contribution is 5.16. The lowest BCUT2D eigenvalue weighted by Crippen LogP contribution is -2.62. The summed E-state index contributed by atoms with van der Waals surface area (Å²) in [5.74, 6) is 0.0684. The first-order chi connectivity index (χ1) is 25.5. The first-order valence-electron chi connectivity index (χ1n) is 20.4. The molecule has 54 heavy (non-hydrogen) atoms. The van der Waals surface area contributed by atoms with Gasteiger partial charge >= 0.3 is 0 Å². The van der Waals surface area contributed by atoms with Crippen LogP contribution in [0.1, 0.15) is 85.5 Å². The molecule has 7 aliphatic rings. The van der Waals surface area contributed by atoms with E-state index in [9.17, 15) is 51.1 Å². The standard InChI is InChI=1S/C39H66O15/c1-17(16-50-35-33(47)31(45)29(43)25(14-40)52-35)7-10-39(49)18(2)28-24(54-39)13-23-21-6-5-19-11-20(51-36-34(48)32(46)30(44)26(15-41)53-36)12-27(42)38(19,4)22(21)8-9-37(23,28)3/h17-36,40-49H,5-16H2,1-4H3. The Balaban J connectivity index is 0.948. The van der Waals surface area contributed by atoms with Gasteiger partial charge in [0.1, 0.15) is 48.8 Å². The molecule has 15 nitrogen and oxygen atoms in total. The van der Waals surface area contributed by atoms with Gasteiger partial charge in [0.25, 0.3) is 0 Å². The summed E-state index contributed by atoms with van der Waals surface area (Å²) in [5.41, 5.74) is -0.344. The molecule has 23 unspecified atom stereocenters. The largest absolute Gasteiger partial charge is 0.394 e. The fourth-order valence-electron chi connectivity index (χ4n) is 12.7. The number of ether oxygens (including phenoxy) is 5. The molecule has 7 rings (SSSR count). The molecule has 0 radical (unpaired) electrons. The minimum atomic E-state index is -1.52. The molecule has 0 amide bonds. The predicted octanol–water partition coefficient (Wildman–Crippen LogP) is -0.633. The van der Waals surface area contributed by atoms with Crippen LogP contribution in [-0.2, 0) is 23.7 Å². The Labute approximate surface area is 317 Å². The van der Waals surface area contributed by atoms with E-state index in [0.717, 1.165) is 32.1 Å². The van der Waals surface area contributed by atoms with Gasteiger partial charge in [-0.15, -0.1) is 0 Å². The van der Waals surface area contributed by atoms with Crippen LogP contribution in [0.2, 0.25) is 0 Å². The minimum Gasteiger partial charge on any atom is -0.394 e. The molecule has 0 aromatic rings. The smallest absolute Gasteiger partial charge is 0.186 e. The number of aliphatic hydroxyl groups excluding tert-OH is 9. The van der Waals surface area contributed by atoms with E-state index >= 15 is 0 Å². The van der Waals surface area contributed by atoms with Crippen molar-refractivity contribution < 1.29 is 74.7 Å². The van der Waals surface area contributed by atoms with Crippen molar-refractivity contribution in [2.24, 2.45) is 52.3 Å². The number of aliphatic hydroxyl groups is 10. The van der Waals surface area contributed by atoms with Crippen LogP contribution in [0.15, 0.2) is 0 Å². The molecule has 3 aliphatic heterocycles. The molecule has 4 saturated carbocycles. The van der Waals surface area contributed by atoms with Gasteiger partial charge in [0, 0.05) is 18.8 Å². The summed E-state index contributed by atoms with van der Waals surface area (Å²) in [6, 6.07) is 0. The van der Waals surface area contributed by atoms with E-state index in [-0.39, 0.29) is 47.2 Å². The lowest BCUT2D eigenvalue weighted by molar-refractivity contribution is -0.320. The second-order valence-electron chi connectivity index (χ2n) is 18.7. The number of rotatable bonds is 10. The monoisotopic (exact) mass is 774 g/mol. The summed E-state index contributed by atoms with van der Waals surface area (Å²) in [6.07, 6.45) is -7.71. The zero-order chi connectivity index (χ0) is 39.1. The van der Waals surface area contributed by atoms with E-state index in [2.05, 4.69) is 20.8 Å². The Morgan fingerprint density at radius 1 is 0.759 bits per heavy atom. The van der Waals surface area contributed by atoms with Gasteiger partial charge in [-0.2, -0.15) is 0 Å². The zero-order valence-electron chi connectivity index (χ0n) is 32.0. The summed E-state index contributed by atoms with van der Waals surface area (Å²) >= 11 is 0. The lowest BCUT2D eigenvalue weighted by atomic mass is 9.43. The van der Waals surface area contributed by atoms with Gasteiger partial charge in [-0.25, -0.2) is 0 Å². The summed E-state index contributed by atoms with van der Waals surface area (Å²) in [4.78, 5) is 0. The highest BCUT2D eigenvalue weighted by atomic mass is 16.7. The molecule has 0 aromatic carbocycles. The highest BCUT2D eigenvalue weighted by Crippen LogP contribution is 2.71. The molecule has 0 aromatic heterocycles. The first kappa shape index (κ1) is 41.6. The Morgan fingerprint density at radius 3 is 2.04 bits per heavy atom. The van der Waals surface area contributed by atoms with E-state index in [4.69, 9.17) is 23.7 Å². The summed E-state index contributed by atoms with van der Waals surface area (Å²) < 4.78 is 29.7. The van der Waals surface area contributed by atoms with Crippen LogP contribution < -0.4 is 0 Å². The van der Waals surface area contributed by atoms with E-state index in [1.165, 1.54) is 0 Å². The SMILES string of the molecule is CC(CCC1(O)OC2CC3C4CCC5CC(OC6OC(CO)C(O)C(O)C6O)CC(O)C5(C)C4CCC3(C)C2C1C)COC1OC(CO)C(O)C(O)C1O. The number of hydrogen-bond donors (Lipinski definition) is 10. The van der Waals surface area contributed by atoms with Gasteiger partial charge < -0.3 is 74.7 Å². The van der Waals surface area contributed by atoms with Crippen molar-refractivity contribution in [3.8, 4) is 0 Å². The van der Waals surface area contributed by atoms with Crippen LogP contribution in [0.5, 0.6) is 0 Å². The number of hydrogen-bond acceptors (Lipinski definition) is 15. The maximum Gasteiger partial charge on any atom is 0.186 e. The predicted molar refractivity (Wildman–Crippen MR) is 188 cm³/mol. The fraction of sp³-hybridized carbons (Fsp3) is 1.00. The van der Waals surface area contributed by atoms with Crippen molar-refractivity contribution in [3.63, 3.8) is 0 Å². The van der Waals surface area contributed by atoms with Crippen molar-refractivity contribution >= 4 is 0 Å². The second kappa shape index (κ2) is 15.5. The fourth-order valence-corrected chi connectivity index (χ4v) is 12.7.